The molecule has 0 bridgehead atoms. The van der Waals surface area contributed by atoms with Gasteiger partial charge in [-0.3, -0.25) is 4.79 Å². The molecule has 0 aliphatic rings. The topological polar surface area (TPSA) is 40.5 Å². The molecule has 0 fully saturated rings. The number of aliphatic hydroxyl groups is 1. The highest BCUT2D eigenvalue weighted by molar-refractivity contribution is 5.84. The van der Waals surface area contributed by atoms with Crippen LogP contribution in [0.15, 0.2) is 30.3 Å². The van der Waals surface area contributed by atoms with Crippen molar-refractivity contribution in [2.75, 3.05) is 13.2 Å². The zero-order valence-electron chi connectivity index (χ0n) is 12.2. The molecule has 0 radical (unpaired) electrons. The van der Waals surface area contributed by atoms with Gasteiger partial charge in [-0.05, 0) is 32.3 Å². The molecule has 1 amide bonds. The van der Waals surface area contributed by atoms with Crippen LogP contribution in [0, 0.1) is 0 Å². The van der Waals surface area contributed by atoms with E-state index in [9.17, 15) is 4.79 Å². The predicted octanol–water partition coefficient (Wildman–Crippen LogP) is 2.80. The Morgan fingerprint density at radius 2 is 1.89 bits per heavy atom. The van der Waals surface area contributed by atoms with Crippen LogP contribution < -0.4 is 0 Å². The SMILES string of the molecule is CCC(C(=O)N(CCCO)C(C)C)c1ccccc1. The quantitative estimate of drug-likeness (QED) is 0.821. The molecule has 0 heterocycles. The summed E-state index contributed by atoms with van der Waals surface area (Å²) in [5, 5.41) is 8.95. The van der Waals surface area contributed by atoms with E-state index < -0.39 is 0 Å². The van der Waals surface area contributed by atoms with Crippen LogP contribution in [0.5, 0.6) is 0 Å². The number of hydrogen-bond donors (Lipinski definition) is 1. The standard InChI is InChI=1S/C16H25NO2/c1-4-15(14-9-6-5-7-10-14)16(19)17(13(2)3)11-8-12-18/h5-7,9-10,13,15,18H,4,8,11-12H2,1-3H3. The summed E-state index contributed by atoms with van der Waals surface area (Å²) >= 11 is 0. The molecule has 19 heavy (non-hydrogen) atoms. The molecule has 0 spiro atoms. The minimum absolute atomic E-state index is 0.0812. The van der Waals surface area contributed by atoms with Crippen molar-refractivity contribution in [1.82, 2.24) is 4.90 Å². The van der Waals surface area contributed by atoms with E-state index in [1.165, 1.54) is 0 Å². The molecular formula is C16H25NO2. The molecule has 0 saturated carbocycles. The highest BCUT2D eigenvalue weighted by Gasteiger charge is 2.25. The maximum atomic E-state index is 12.7. The number of carbonyl (C=O) groups is 1. The van der Waals surface area contributed by atoms with Gasteiger partial charge in [0.05, 0.1) is 5.92 Å². The predicted molar refractivity (Wildman–Crippen MR) is 78.0 cm³/mol. The van der Waals surface area contributed by atoms with Gasteiger partial charge in [0.1, 0.15) is 0 Å². The van der Waals surface area contributed by atoms with Gasteiger partial charge in [0, 0.05) is 19.2 Å². The molecule has 3 heteroatoms. The Balaban J connectivity index is 2.86. The van der Waals surface area contributed by atoms with E-state index in [1.807, 2.05) is 56.0 Å². The molecule has 3 nitrogen and oxygen atoms in total. The fourth-order valence-corrected chi connectivity index (χ4v) is 2.30. The first-order valence-corrected chi connectivity index (χ1v) is 7.08. The number of rotatable bonds is 7. The van der Waals surface area contributed by atoms with E-state index in [0.717, 1.165) is 12.0 Å². The molecule has 1 aromatic rings. The Bertz CT molecular complexity index is 376. The highest BCUT2D eigenvalue weighted by Crippen LogP contribution is 2.23. The second-order valence-electron chi connectivity index (χ2n) is 5.07. The molecule has 0 aliphatic heterocycles. The molecule has 1 unspecified atom stereocenters. The van der Waals surface area contributed by atoms with E-state index in [4.69, 9.17) is 5.11 Å². The van der Waals surface area contributed by atoms with Crippen LogP contribution in [0.25, 0.3) is 0 Å². The number of carbonyl (C=O) groups excluding carboxylic acids is 1. The van der Waals surface area contributed by atoms with Gasteiger partial charge in [0.15, 0.2) is 0 Å². The summed E-state index contributed by atoms with van der Waals surface area (Å²) in [5.74, 6) is 0.0828. The van der Waals surface area contributed by atoms with Gasteiger partial charge in [-0.25, -0.2) is 0 Å². The monoisotopic (exact) mass is 263 g/mol. The second kappa shape index (κ2) is 7.95. The van der Waals surface area contributed by atoms with E-state index in [-0.39, 0.29) is 24.5 Å². The summed E-state index contributed by atoms with van der Waals surface area (Å²) in [4.78, 5) is 14.5. The number of benzene rings is 1. The molecule has 0 aromatic heterocycles. The second-order valence-corrected chi connectivity index (χ2v) is 5.07. The summed E-state index contributed by atoms with van der Waals surface area (Å²) in [6, 6.07) is 10.1. The maximum Gasteiger partial charge on any atom is 0.230 e. The Morgan fingerprint density at radius 3 is 2.37 bits per heavy atom. The molecule has 1 rings (SSSR count). The molecule has 0 saturated heterocycles. The average Bonchev–Trinajstić information content (AvgIpc) is 2.41. The van der Waals surface area contributed by atoms with Gasteiger partial charge in [-0.15, -0.1) is 0 Å². The van der Waals surface area contributed by atoms with Crippen molar-refractivity contribution in [2.24, 2.45) is 0 Å². The van der Waals surface area contributed by atoms with Crippen molar-refractivity contribution < 1.29 is 9.90 Å². The van der Waals surface area contributed by atoms with Gasteiger partial charge >= 0.3 is 0 Å². The third-order valence-corrected chi connectivity index (χ3v) is 3.37. The van der Waals surface area contributed by atoms with Gasteiger partial charge in [-0.2, -0.15) is 0 Å². The first-order valence-electron chi connectivity index (χ1n) is 7.08. The van der Waals surface area contributed by atoms with Crippen molar-refractivity contribution in [3.8, 4) is 0 Å². The molecule has 1 N–H and O–H groups in total. The Morgan fingerprint density at radius 1 is 1.26 bits per heavy atom. The lowest BCUT2D eigenvalue weighted by molar-refractivity contribution is -0.134. The summed E-state index contributed by atoms with van der Waals surface area (Å²) in [6.45, 7) is 6.83. The lowest BCUT2D eigenvalue weighted by Crippen LogP contribution is -2.41. The summed E-state index contributed by atoms with van der Waals surface area (Å²) < 4.78 is 0. The van der Waals surface area contributed by atoms with Crippen LogP contribution in [-0.2, 0) is 4.79 Å². The number of hydrogen-bond acceptors (Lipinski definition) is 2. The zero-order valence-corrected chi connectivity index (χ0v) is 12.2. The van der Waals surface area contributed by atoms with Crippen LogP contribution in [0.2, 0.25) is 0 Å². The van der Waals surface area contributed by atoms with Gasteiger partial charge in [-0.1, -0.05) is 37.3 Å². The molecule has 106 valence electrons. The van der Waals surface area contributed by atoms with Gasteiger partial charge in [0.2, 0.25) is 5.91 Å². The van der Waals surface area contributed by atoms with Crippen LogP contribution in [0.1, 0.15) is 45.1 Å². The van der Waals surface area contributed by atoms with Crippen LogP contribution in [0.3, 0.4) is 0 Å². The van der Waals surface area contributed by atoms with Gasteiger partial charge < -0.3 is 10.0 Å². The van der Waals surface area contributed by atoms with E-state index >= 15 is 0 Å². The Labute approximate surface area is 116 Å². The third-order valence-electron chi connectivity index (χ3n) is 3.37. The normalized spacial score (nSPS) is 12.5. The third kappa shape index (κ3) is 4.35. The molecular weight excluding hydrogens is 238 g/mol. The highest BCUT2D eigenvalue weighted by atomic mass is 16.3. The largest absolute Gasteiger partial charge is 0.396 e. The average molecular weight is 263 g/mol. The van der Waals surface area contributed by atoms with E-state index in [2.05, 4.69) is 0 Å². The number of amides is 1. The molecule has 1 atom stereocenters. The smallest absolute Gasteiger partial charge is 0.230 e. The number of aliphatic hydroxyl groups excluding tert-OH is 1. The van der Waals surface area contributed by atoms with Crippen LogP contribution in [0.4, 0.5) is 0 Å². The first kappa shape index (κ1) is 15.7. The fourth-order valence-electron chi connectivity index (χ4n) is 2.30. The summed E-state index contributed by atoms with van der Waals surface area (Å²) in [6.07, 6.45) is 1.43. The summed E-state index contributed by atoms with van der Waals surface area (Å²) in [7, 11) is 0. The van der Waals surface area contributed by atoms with E-state index in [0.29, 0.717) is 13.0 Å². The van der Waals surface area contributed by atoms with Crippen molar-refractivity contribution in [3.63, 3.8) is 0 Å². The molecule has 1 aromatic carbocycles. The van der Waals surface area contributed by atoms with Crippen LogP contribution >= 0.6 is 0 Å². The zero-order chi connectivity index (χ0) is 14.3. The van der Waals surface area contributed by atoms with E-state index in [1.54, 1.807) is 0 Å². The van der Waals surface area contributed by atoms with Crippen molar-refractivity contribution >= 4 is 5.91 Å². The van der Waals surface area contributed by atoms with Gasteiger partial charge in [0.25, 0.3) is 0 Å². The maximum absolute atomic E-state index is 12.7. The van der Waals surface area contributed by atoms with Crippen molar-refractivity contribution in [1.29, 1.82) is 0 Å². The van der Waals surface area contributed by atoms with Crippen molar-refractivity contribution in [3.05, 3.63) is 35.9 Å². The van der Waals surface area contributed by atoms with Crippen LogP contribution in [-0.4, -0.2) is 35.1 Å². The first-order chi connectivity index (χ1) is 9.11. The lowest BCUT2D eigenvalue weighted by Gasteiger charge is -2.30. The van der Waals surface area contributed by atoms with Crippen molar-refractivity contribution in [2.45, 2.75) is 45.6 Å². The number of nitrogens with zero attached hydrogens (tertiary/aromatic N) is 1. The molecule has 0 aliphatic carbocycles. The summed E-state index contributed by atoms with van der Waals surface area (Å²) in [5.41, 5.74) is 1.07. The lowest BCUT2D eigenvalue weighted by atomic mass is 9.94. The minimum atomic E-state index is -0.0812. The Kier molecular flexibility index (Phi) is 6.57. The fraction of sp³-hybridized carbons (Fsp3) is 0.562. The minimum Gasteiger partial charge on any atom is -0.396 e. The Hall–Kier alpha value is -1.35.